The number of nitrogens with zero attached hydrogens (tertiary/aromatic N) is 4. The van der Waals surface area contributed by atoms with Gasteiger partial charge in [-0.3, -0.25) is 14.3 Å². The number of aryl methyl sites for hydroxylation is 1. The third kappa shape index (κ3) is 6.17. The van der Waals surface area contributed by atoms with E-state index in [1.54, 1.807) is 37.9 Å². The number of methoxy groups -OCH3 is 1. The maximum Gasteiger partial charge on any atom is 0.264 e. The molecule has 53 heavy (non-hydrogen) atoms. The van der Waals surface area contributed by atoms with Gasteiger partial charge in [0.05, 0.1) is 47.7 Å². The summed E-state index contributed by atoms with van der Waals surface area (Å²) in [5.74, 6) is 0.282. The minimum absolute atomic E-state index is 0.0282. The van der Waals surface area contributed by atoms with Crippen LogP contribution in [0.5, 0.6) is 5.75 Å². The molecule has 2 N–H and O–H groups in total. The lowest BCUT2D eigenvalue weighted by Gasteiger charge is -2.42. The van der Waals surface area contributed by atoms with Crippen LogP contribution in [0.4, 0.5) is 0 Å². The summed E-state index contributed by atoms with van der Waals surface area (Å²) < 4.78 is 37.5. The Morgan fingerprint density at radius 1 is 1.00 bits per heavy atom. The monoisotopic (exact) mass is 739 g/mol. The lowest BCUT2D eigenvalue weighted by Crippen LogP contribution is -2.52. The standard InChI is InChI=1S/C41H49N5O6S/c1-24(2)53(50,51)43-39(47)26-11-15-33-35(19-26)45-23-28(17-27-18-31(52-5)14-16-32(27)38(45)36(33)25-9-7-6-8-10-25)37-34(22-42-44(37)4)40(48)46-29-12-13-30(46)21-41(3,49)20-29/h11,14-19,22,24-25,29-30,49H,6-10,12-13,20-21,23H2,1-5H3,(H,43,47)/t29-,30?,41?/m1/s1. The van der Waals surface area contributed by atoms with Gasteiger partial charge in [0, 0.05) is 41.2 Å². The Labute approximate surface area is 311 Å². The van der Waals surface area contributed by atoms with Gasteiger partial charge in [-0.1, -0.05) is 25.3 Å². The first-order valence-corrected chi connectivity index (χ1v) is 20.5. The summed E-state index contributed by atoms with van der Waals surface area (Å²) in [4.78, 5) is 30.1. The highest BCUT2D eigenvalue weighted by atomic mass is 32.2. The van der Waals surface area contributed by atoms with E-state index >= 15 is 0 Å². The Balaban J connectivity index is 1.31. The fraction of sp³-hybridized carbons (Fsp3) is 0.488. The molecule has 3 aliphatic heterocycles. The second-order valence-corrected chi connectivity index (χ2v) is 18.3. The van der Waals surface area contributed by atoms with Crippen molar-refractivity contribution in [1.82, 2.24) is 24.0 Å². The molecule has 12 heteroatoms. The number of allylic oxidation sites excluding steroid dienone is 1. The number of carbonyl (C=O) groups is 2. The van der Waals surface area contributed by atoms with Crippen LogP contribution in [0.1, 0.15) is 122 Å². The lowest BCUT2D eigenvalue weighted by molar-refractivity contribution is -0.0300. The number of fused-ring (bicyclic) bond motifs is 7. The topological polar surface area (TPSA) is 136 Å². The van der Waals surface area contributed by atoms with Crippen LogP contribution in [-0.4, -0.2) is 74.6 Å². The van der Waals surface area contributed by atoms with Gasteiger partial charge >= 0.3 is 0 Å². The molecule has 2 bridgehead atoms. The highest BCUT2D eigenvalue weighted by Gasteiger charge is 2.48. The molecule has 4 aliphatic rings. The van der Waals surface area contributed by atoms with Crippen LogP contribution < -0.4 is 9.46 Å². The molecular formula is C41H49N5O6S. The summed E-state index contributed by atoms with van der Waals surface area (Å²) in [6, 6.07) is 11.6. The number of benzene rings is 2. The first-order chi connectivity index (χ1) is 25.3. The fourth-order valence-corrected chi connectivity index (χ4v) is 10.2. The van der Waals surface area contributed by atoms with Gasteiger partial charge in [0.25, 0.3) is 11.8 Å². The molecule has 8 rings (SSSR count). The molecule has 5 heterocycles. The van der Waals surface area contributed by atoms with Crippen molar-refractivity contribution in [3.8, 4) is 17.0 Å². The number of rotatable bonds is 7. The van der Waals surface area contributed by atoms with Crippen molar-refractivity contribution in [1.29, 1.82) is 0 Å². The van der Waals surface area contributed by atoms with Crippen molar-refractivity contribution < 1.29 is 27.9 Å². The molecular weight excluding hydrogens is 691 g/mol. The van der Waals surface area contributed by atoms with Crippen LogP contribution in [0.2, 0.25) is 0 Å². The highest BCUT2D eigenvalue weighted by Crippen LogP contribution is 2.48. The zero-order valence-electron chi connectivity index (χ0n) is 31.2. The van der Waals surface area contributed by atoms with Gasteiger partial charge < -0.3 is 19.3 Å². The van der Waals surface area contributed by atoms with Gasteiger partial charge in [-0.05, 0) is 118 Å². The second kappa shape index (κ2) is 13.2. The Hall–Kier alpha value is -4.42. The molecule has 0 radical (unpaired) electrons. The van der Waals surface area contributed by atoms with E-state index in [-0.39, 0.29) is 23.6 Å². The van der Waals surface area contributed by atoms with Crippen molar-refractivity contribution in [3.05, 3.63) is 70.5 Å². The van der Waals surface area contributed by atoms with Crippen molar-refractivity contribution in [2.45, 2.75) is 114 Å². The van der Waals surface area contributed by atoms with E-state index < -0.39 is 26.8 Å². The zero-order chi connectivity index (χ0) is 37.4. The largest absolute Gasteiger partial charge is 0.497 e. The second-order valence-electron chi connectivity index (χ2n) is 16.1. The minimum Gasteiger partial charge on any atom is -0.497 e. The molecule has 3 atom stereocenters. The van der Waals surface area contributed by atoms with Crippen LogP contribution in [-0.2, 0) is 23.6 Å². The third-order valence-electron chi connectivity index (χ3n) is 12.1. The third-order valence-corrected chi connectivity index (χ3v) is 13.8. The van der Waals surface area contributed by atoms with E-state index in [9.17, 15) is 23.1 Å². The fourth-order valence-electron chi connectivity index (χ4n) is 9.54. The van der Waals surface area contributed by atoms with Crippen molar-refractivity contribution in [2.75, 3.05) is 7.11 Å². The smallest absolute Gasteiger partial charge is 0.264 e. The van der Waals surface area contributed by atoms with Crippen molar-refractivity contribution in [3.63, 3.8) is 0 Å². The molecule has 4 aromatic rings. The average Bonchev–Trinajstić information content (AvgIpc) is 3.72. The quantitative estimate of drug-likeness (QED) is 0.217. The van der Waals surface area contributed by atoms with E-state index in [4.69, 9.17) is 4.74 Å². The Bertz CT molecular complexity index is 2260. The molecule has 2 saturated heterocycles. The number of hydrogen-bond donors (Lipinski definition) is 2. The average molecular weight is 740 g/mol. The van der Waals surface area contributed by atoms with Crippen molar-refractivity contribution >= 4 is 44.4 Å². The molecule has 2 aromatic heterocycles. The van der Waals surface area contributed by atoms with E-state index in [2.05, 4.69) is 26.5 Å². The van der Waals surface area contributed by atoms with Gasteiger partial charge in [-0.25, -0.2) is 13.1 Å². The molecule has 11 nitrogen and oxygen atoms in total. The normalized spacial score (nSPS) is 23.1. The Morgan fingerprint density at radius 2 is 1.72 bits per heavy atom. The molecule has 280 valence electrons. The van der Waals surface area contributed by atoms with E-state index in [1.165, 1.54) is 12.0 Å². The van der Waals surface area contributed by atoms with Crippen LogP contribution in [0.25, 0.3) is 33.8 Å². The number of sulfonamides is 1. The summed E-state index contributed by atoms with van der Waals surface area (Å²) in [6.45, 7) is 5.34. The van der Waals surface area contributed by atoms with Crippen molar-refractivity contribution in [2.24, 2.45) is 7.05 Å². The number of aromatic nitrogens is 3. The van der Waals surface area contributed by atoms with Gasteiger partial charge in [-0.2, -0.15) is 5.10 Å². The molecule has 1 saturated carbocycles. The van der Waals surface area contributed by atoms with E-state index in [0.29, 0.717) is 42.3 Å². The Kier molecular flexibility index (Phi) is 8.84. The Morgan fingerprint density at radius 3 is 2.40 bits per heavy atom. The number of carbonyl (C=O) groups excluding carboxylic acids is 2. The summed E-state index contributed by atoms with van der Waals surface area (Å²) >= 11 is 0. The first kappa shape index (κ1) is 35.6. The number of ether oxygens (including phenoxy) is 1. The number of nitrogens with one attached hydrogen (secondary N) is 1. The van der Waals surface area contributed by atoms with Gasteiger partial charge in [-0.15, -0.1) is 0 Å². The molecule has 0 spiro atoms. The molecule has 1 aliphatic carbocycles. The predicted octanol–water partition coefficient (Wildman–Crippen LogP) is 6.64. The predicted molar refractivity (Wildman–Crippen MR) is 205 cm³/mol. The molecule has 2 aromatic carbocycles. The van der Waals surface area contributed by atoms with E-state index in [1.807, 2.05) is 43.1 Å². The van der Waals surface area contributed by atoms with Crippen LogP contribution in [0.15, 0.2) is 42.6 Å². The van der Waals surface area contributed by atoms with Gasteiger partial charge in [0.2, 0.25) is 10.0 Å². The number of amides is 2. The van der Waals surface area contributed by atoms with Crippen LogP contribution in [0, 0.1) is 0 Å². The van der Waals surface area contributed by atoms with Crippen LogP contribution >= 0.6 is 0 Å². The number of piperidine rings is 1. The lowest BCUT2D eigenvalue weighted by atomic mass is 9.81. The number of aliphatic hydroxyl groups is 1. The van der Waals surface area contributed by atoms with Gasteiger partial charge in [0.15, 0.2) is 0 Å². The summed E-state index contributed by atoms with van der Waals surface area (Å²) in [6.07, 6.45) is 12.2. The maximum absolute atomic E-state index is 14.6. The first-order valence-electron chi connectivity index (χ1n) is 18.9. The summed E-state index contributed by atoms with van der Waals surface area (Å²) in [7, 11) is -0.328. The summed E-state index contributed by atoms with van der Waals surface area (Å²) in [5.41, 5.74) is 6.69. The maximum atomic E-state index is 14.6. The highest BCUT2D eigenvalue weighted by molar-refractivity contribution is 7.90. The molecule has 3 fully saturated rings. The van der Waals surface area contributed by atoms with E-state index in [0.717, 1.165) is 71.8 Å². The zero-order valence-corrected chi connectivity index (χ0v) is 32.0. The van der Waals surface area contributed by atoms with Crippen LogP contribution in [0.3, 0.4) is 0 Å². The summed E-state index contributed by atoms with van der Waals surface area (Å²) in [5, 5.41) is 15.9. The van der Waals surface area contributed by atoms with Gasteiger partial charge in [0.1, 0.15) is 5.75 Å². The molecule has 2 amide bonds. The minimum atomic E-state index is -3.84. The molecule has 2 unspecified atom stereocenters. The SMILES string of the molecule is COc1ccc2c(c1)C=C(c1c(C(=O)N3C4CC[C@@H]3CC(C)(O)C4)cnn1C)Cn1c-2c(C2CCCCC2)c2ccc(C(=O)NS(=O)(=O)C(C)C)cc21. The number of hydrogen-bond acceptors (Lipinski definition) is 7.